The Morgan fingerprint density at radius 2 is 2.05 bits per heavy atom. The number of hydrogen-bond donors (Lipinski definition) is 2. The van der Waals surface area contributed by atoms with Gasteiger partial charge in [0.1, 0.15) is 11.6 Å². The summed E-state index contributed by atoms with van der Waals surface area (Å²) in [6.45, 7) is 0. The summed E-state index contributed by atoms with van der Waals surface area (Å²) in [6, 6.07) is 11.3. The Hall–Kier alpha value is -1.62. The third kappa shape index (κ3) is 3.04. The summed E-state index contributed by atoms with van der Waals surface area (Å²) < 4.78 is 18.3. The van der Waals surface area contributed by atoms with Gasteiger partial charge in [0.05, 0.1) is 13.2 Å². The van der Waals surface area contributed by atoms with Gasteiger partial charge < -0.3 is 4.74 Å². The van der Waals surface area contributed by atoms with Crippen LogP contribution in [0.5, 0.6) is 5.75 Å². The first-order chi connectivity index (χ1) is 9.15. The van der Waals surface area contributed by atoms with Crippen molar-refractivity contribution in [2.75, 3.05) is 7.11 Å². The van der Waals surface area contributed by atoms with Crippen LogP contribution in [-0.2, 0) is 0 Å². The van der Waals surface area contributed by atoms with Gasteiger partial charge in [-0.2, -0.15) is 0 Å². The van der Waals surface area contributed by atoms with E-state index in [-0.39, 0.29) is 11.9 Å². The Labute approximate surface area is 116 Å². The molecule has 0 aromatic heterocycles. The van der Waals surface area contributed by atoms with E-state index >= 15 is 0 Å². The fourth-order valence-electron chi connectivity index (χ4n) is 1.92. The summed E-state index contributed by atoms with van der Waals surface area (Å²) >= 11 is 6.06. The van der Waals surface area contributed by atoms with Gasteiger partial charge in [0.2, 0.25) is 0 Å². The van der Waals surface area contributed by atoms with E-state index < -0.39 is 0 Å². The maximum atomic E-state index is 13.1. The van der Waals surface area contributed by atoms with Crippen LogP contribution in [0.15, 0.2) is 42.5 Å². The van der Waals surface area contributed by atoms with Gasteiger partial charge in [-0.3, -0.25) is 5.84 Å². The van der Waals surface area contributed by atoms with E-state index in [4.69, 9.17) is 22.2 Å². The standard InChI is InChI=1S/C14H14ClFN2O/c1-19-11-4-2-3-9(7-11)14(18-17)12-6-5-10(16)8-13(12)15/h2-8,14,18H,17H2,1H3. The van der Waals surface area contributed by atoms with E-state index in [9.17, 15) is 4.39 Å². The van der Waals surface area contributed by atoms with Gasteiger partial charge in [-0.1, -0.05) is 29.8 Å². The van der Waals surface area contributed by atoms with Crippen molar-refractivity contribution in [3.05, 3.63) is 64.4 Å². The third-order valence-corrected chi connectivity index (χ3v) is 3.19. The number of nitrogens with two attached hydrogens (primary N) is 1. The average Bonchev–Trinajstić information content (AvgIpc) is 2.42. The van der Waals surface area contributed by atoms with Gasteiger partial charge in [-0.15, -0.1) is 0 Å². The lowest BCUT2D eigenvalue weighted by atomic mass is 9.99. The lowest BCUT2D eigenvalue weighted by Crippen LogP contribution is -2.29. The molecule has 2 aromatic rings. The van der Waals surface area contributed by atoms with Crippen LogP contribution >= 0.6 is 11.6 Å². The molecule has 2 rings (SSSR count). The second-order valence-corrected chi connectivity index (χ2v) is 4.45. The number of halogens is 2. The molecule has 5 heteroatoms. The third-order valence-electron chi connectivity index (χ3n) is 2.87. The molecule has 19 heavy (non-hydrogen) atoms. The number of nitrogens with one attached hydrogen (secondary N) is 1. The lowest BCUT2D eigenvalue weighted by molar-refractivity contribution is 0.413. The Balaban J connectivity index is 2.43. The maximum absolute atomic E-state index is 13.1. The molecule has 0 radical (unpaired) electrons. The largest absolute Gasteiger partial charge is 0.497 e. The Kier molecular flexibility index (Phi) is 4.37. The van der Waals surface area contributed by atoms with Crippen LogP contribution in [0.1, 0.15) is 17.2 Å². The Morgan fingerprint density at radius 1 is 1.26 bits per heavy atom. The average molecular weight is 281 g/mol. The van der Waals surface area contributed by atoms with Crippen LogP contribution in [-0.4, -0.2) is 7.11 Å². The van der Waals surface area contributed by atoms with Gasteiger partial charge >= 0.3 is 0 Å². The van der Waals surface area contributed by atoms with Crippen molar-refractivity contribution < 1.29 is 9.13 Å². The molecule has 0 aliphatic carbocycles. The second-order valence-electron chi connectivity index (χ2n) is 4.04. The van der Waals surface area contributed by atoms with Crippen LogP contribution in [0, 0.1) is 5.82 Å². The van der Waals surface area contributed by atoms with Gasteiger partial charge in [0, 0.05) is 5.02 Å². The van der Waals surface area contributed by atoms with Crippen molar-refractivity contribution in [3.8, 4) is 5.75 Å². The summed E-state index contributed by atoms with van der Waals surface area (Å²) in [7, 11) is 1.59. The lowest BCUT2D eigenvalue weighted by Gasteiger charge is -2.18. The van der Waals surface area contributed by atoms with Gasteiger partial charge in [0.25, 0.3) is 0 Å². The molecule has 0 aliphatic rings. The highest BCUT2D eigenvalue weighted by atomic mass is 35.5. The van der Waals surface area contributed by atoms with E-state index in [1.54, 1.807) is 13.2 Å². The molecule has 0 bridgehead atoms. The topological polar surface area (TPSA) is 47.3 Å². The highest BCUT2D eigenvalue weighted by Crippen LogP contribution is 2.29. The van der Waals surface area contributed by atoms with Crippen LogP contribution in [0.2, 0.25) is 5.02 Å². The molecule has 0 heterocycles. The molecule has 0 saturated carbocycles. The van der Waals surface area contributed by atoms with E-state index in [1.165, 1.54) is 12.1 Å². The molecule has 100 valence electrons. The summed E-state index contributed by atoms with van der Waals surface area (Å²) in [5.74, 6) is 5.93. The zero-order valence-electron chi connectivity index (χ0n) is 10.4. The first kappa shape index (κ1) is 13.8. The number of rotatable bonds is 4. The maximum Gasteiger partial charge on any atom is 0.124 e. The normalized spacial score (nSPS) is 12.2. The highest BCUT2D eigenvalue weighted by Gasteiger charge is 2.16. The van der Waals surface area contributed by atoms with Gasteiger partial charge in [-0.05, 0) is 35.4 Å². The minimum Gasteiger partial charge on any atom is -0.497 e. The van der Waals surface area contributed by atoms with Crippen LogP contribution < -0.4 is 16.0 Å². The summed E-state index contributed by atoms with van der Waals surface area (Å²) in [5, 5.41) is 0.325. The van der Waals surface area contributed by atoms with E-state index in [0.29, 0.717) is 10.6 Å². The smallest absolute Gasteiger partial charge is 0.124 e. The quantitative estimate of drug-likeness (QED) is 0.668. The summed E-state index contributed by atoms with van der Waals surface area (Å²) in [5.41, 5.74) is 4.28. The molecule has 3 N–H and O–H groups in total. The number of hydrazine groups is 1. The van der Waals surface area contributed by atoms with Crippen molar-refractivity contribution in [2.24, 2.45) is 5.84 Å². The number of ether oxygens (including phenoxy) is 1. The SMILES string of the molecule is COc1cccc(C(NN)c2ccc(F)cc2Cl)c1. The molecule has 2 aromatic carbocycles. The van der Waals surface area contributed by atoms with E-state index in [0.717, 1.165) is 11.3 Å². The van der Waals surface area contributed by atoms with Crippen molar-refractivity contribution in [1.29, 1.82) is 0 Å². The van der Waals surface area contributed by atoms with Crippen molar-refractivity contribution in [3.63, 3.8) is 0 Å². The van der Waals surface area contributed by atoms with Crippen molar-refractivity contribution in [1.82, 2.24) is 5.43 Å². The number of methoxy groups -OCH3 is 1. The Morgan fingerprint density at radius 3 is 2.68 bits per heavy atom. The summed E-state index contributed by atoms with van der Waals surface area (Å²) in [6.07, 6.45) is 0. The summed E-state index contributed by atoms with van der Waals surface area (Å²) in [4.78, 5) is 0. The first-order valence-electron chi connectivity index (χ1n) is 5.70. The molecular formula is C14H14ClFN2O. The van der Waals surface area contributed by atoms with Crippen LogP contribution in [0.4, 0.5) is 4.39 Å². The van der Waals surface area contributed by atoms with Crippen LogP contribution in [0.25, 0.3) is 0 Å². The Bertz CT molecular complexity index is 577. The number of benzene rings is 2. The monoisotopic (exact) mass is 280 g/mol. The molecule has 0 saturated heterocycles. The molecular weight excluding hydrogens is 267 g/mol. The number of hydrogen-bond acceptors (Lipinski definition) is 3. The molecule has 1 atom stereocenters. The zero-order valence-corrected chi connectivity index (χ0v) is 11.1. The fraction of sp³-hybridized carbons (Fsp3) is 0.143. The van der Waals surface area contributed by atoms with E-state index in [2.05, 4.69) is 5.43 Å². The minimum absolute atomic E-state index is 0.325. The zero-order chi connectivity index (χ0) is 13.8. The predicted octanol–water partition coefficient (Wildman–Crippen LogP) is 3.04. The minimum atomic E-state index is -0.379. The first-order valence-corrected chi connectivity index (χ1v) is 6.08. The second kappa shape index (κ2) is 6.02. The molecule has 0 aliphatic heterocycles. The fourth-order valence-corrected chi connectivity index (χ4v) is 2.20. The predicted molar refractivity (Wildman–Crippen MR) is 73.6 cm³/mol. The van der Waals surface area contributed by atoms with Gasteiger partial charge in [-0.25, -0.2) is 9.82 Å². The van der Waals surface area contributed by atoms with Crippen LogP contribution in [0.3, 0.4) is 0 Å². The van der Waals surface area contributed by atoms with Gasteiger partial charge in [0.15, 0.2) is 0 Å². The van der Waals surface area contributed by atoms with E-state index in [1.807, 2.05) is 24.3 Å². The molecule has 3 nitrogen and oxygen atoms in total. The highest BCUT2D eigenvalue weighted by molar-refractivity contribution is 6.31. The molecule has 0 amide bonds. The molecule has 0 spiro atoms. The van der Waals surface area contributed by atoms with Crippen molar-refractivity contribution >= 4 is 11.6 Å². The molecule has 1 unspecified atom stereocenters. The molecule has 0 fully saturated rings. The van der Waals surface area contributed by atoms with Crippen molar-refractivity contribution in [2.45, 2.75) is 6.04 Å².